The molecule has 136 valence electrons. The number of sulfonamides is 1. The van der Waals surface area contributed by atoms with E-state index in [-0.39, 0.29) is 29.8 Å². The molecule has 5 nitrogen and oxygen atoms in total. The molecule has 0 aliphatic rings. The Kier molecular flexibility index (Phi) is 9.54. The predicted octanol–water partition coefficient (Wildman–Crippen LogP) is 3.59. The zero-order valence-corrected chi connectivity index (χ0v) is 16.7. The lowest BCUT2D eigenvalue weighted by molar-refractivity contribution is -0.121. The summed E-state index contributed by atoms with van der Waals surface area (Å²) >= 11 is 3.25. The lowest BCUT2D eigenvalue weighted by Crippen LogP contribution is -2.35. The highest BCUT2D eigenvalue weighted by atomic mass is 79.9. The molecule has 0 bridgehead atoms. The van der Waals surface area contributed by atoms with Gasteiger partial charge in [-0.05, 0) is 31.5 Å². The molecule has 1 atom stereocenters. The van der Waals surface area contributed by atoms with Gasteiger partial charge in [-0.25, -0.2) is 13.1 Å². The zero-order valence-electron chi connectivity index (χ0n) is 14.3. The number of nitrogens with one attached hydrogen (secondary N) is 2. The van der Waals surface area contributed by atoms with E-state index in [1.54, 1.807) is 12.1 Å². The summed E-state index contributed by atoms with van der Waals surface area (Å²) < 4.78 is 27.4. The highest BCUT2D eigenvalue weighted by molar-refractivity contribution is 9.10. The van der Waals surface area contributed by atoms with E-state index in [1.807, 2.05) is 6.92 Å². The summed E-state index contributed by atoms with van der Waals surface area (Å²) in [5, 5.41) is 2.91. The molecular weight excluding hydrogens is 392 g/mol. The molecule has 0 radical (unpaired) electrons. The van der Waals surface area contributed by atoms with Gasteiger partial charge in [-0.1, -0.05) is 54.6 Å². The molecule has 1 amide bonds. The summed E-state index contributed by atoms with van der Waals surface area (Å²) in [5.74, 6) is -0.130. The molecule has 1 rings (SSSR count). The summed E-state index contributed by atoms with van der Waals surface area (Å²) in [4.78, 5) is 12.0. The van der Waals surface area contributed by atoms with E-state index in [2.05, 4.69) is 32.9 Å². The van der Waals surface area contributed by atoms with Gasteiger partial charge in [0.25, 0.3) is 0 Å². The van der Waals surface area contributed by atoms with Gasteiger partial charge in [0.05, 0.1) is 4.90 Å². The fraction of sp³-hybridized carbons (Fsp3) is 0.588. The van der Waals surface area contributed by atoms with Gasteiger partial charge < -0.3 is 5.32 Å². The smallest absolute Gasteiger partial charge is 0.240 e. The fourth-order valence-electron chi connectivity index (χ4n) is 2.31. The van der Waals surface area contributed by atoms with E-state index in [0.29, 0.717) is 4.47 Å². The van der Waals surface area contributed by atoms with E-state index in [1.165, 1.54) is 31.4 Å². The summed E-state index contributed by atoms with van der Waals surface area (Å²) in [6.07, 6.45) is 5.78. The first-order valence-electron chi connectivity index (χ1n) is 8.39. The zero-order chi connectivity index (χ0) is 18.0. The molecule has 7 heteroatoms. The van der Waals surface area contributed by atoms with Crippen LogP contribution in [0.15, 0.2) is 33.6 Å². The summed E-state index contributed by atoms with van der Waals surface area (Å²) in [5.41, 5.74) is 0. The Bertz CT molecular complexity index is 620. The maximum absolute atomic E-state index is 12.1. The number of hydrogen-bond donors (Lipinski definition) is 2. The number of rotatable bonds is 11. The van der Waals surface area contributed by atoms with Crippen LogP contribution in [0.1, 0.15) is 52.4 Å². The molecule has 24 heavy (non-hydrogen) atoms. The quantitative estimate of drug-likeness (QED) is 0.539. The number of halogens is 1. The van der Waals surface area contributed by atoms with Crippen molar-refractivity contribution < 1.29 is 13.2 Å². The first-order chi connectivity index (χ1) is 11.3. The number of hydrogen-bond acceptors (Lipinski definition) is 3. The minimum absolute atomic E-state index is 0.0865. The number of carbonyl (C=O) groups is 1. The van der Waals surface area contributed by atoms with Crippen LogP contribution in [0.25, 0.3) is 0 Å². The molecule has 0 saturated carbocycles. The average Bonchev–Trinajstić information content (AvgIpc) is 2.51. The van der Waals surface area contributed by atoms with Crippen LogP contribution in [-0.2, 0) is 14.8 Å². The van der Waals surface area contributed by atoms with Crippen molar-refractivity contribution in [3.8, 4) is 0 Å². The van der Waals surface area contributed by atoms with Crippen molar-refractivity contribution in [1.29, 1.82) is 0 Å². The number of unbranched alkanes of at least 4 members (excludes halogenated alkanes) is 3. The lowest BCUT2D eigenvalue weighted by Gasteiger charge is -2.14. The SMILES string of the molecule is CCCCCCC(C)NC(=O)CCNS(=O)(=O)c1cccc(Br)c1. The molecule has 0 saturated heterocycles. The van der Waals surface area contributed by atoms with Crippen LogP contribution in [0.3, 0.4) is 0 Å². The van der Waals surface area contributed by atoms with Gasteiger partial charge in [0, 0.05) is 23.5 Å². The minimum atomic E-state index is -3.59. The van der Waals surface area contributed by atoms with Gasteiger partial charge in [-0.3, -0.25) is 4.79 Å². The van der Waals surface area contributed by atoms with Crippen LogP contribution in [0.2, 0.25) is 0 Å². The van der Waals surface area contributed by atoms with Crippen molar-refractivity contribution in [2.24, 2.45) is 0 Å². The maximum atomic E-state index is 12.1. The summed E-state index contributed by atoms with van der Waals surface area (Å²) in [6.45, 7) is 4.24. The average molecular weight is 419 g/mol. The first-order valence-corrected chi connectivity index (χ1v) is 10.7. The largest absolute Gasteiger partial charge is 0.354 e. The third kappa shape index (κ3) is 8.26. The molecule has 0 fully saturated rings. The van der Waals surface area contributed by atoms with E-state index in [9.17, 15) is 13.2 Å². The van der Waals surface area contributed by atoms with Crippen LogP contribution >= 0.6 is 15.9 Å². The number of benzene rings is 1. The van der Waals surface area contributed by atoms with Crippen LogP contribution < -0.4 is 10.0 Å². The second-order valence-corrected chi connectivity index (χ2v) is 8.61. The standard InChI is InChI=1S/C17H27BrN2O3S/c1-3-4-5-6-8-14(2)20-17(21)11-12-19-24(22,23)16-10-7-9-15(18)13-16/h7,9-10,13-14,19H,3-6,8,11-12H2,1-2H3,(H,20,21). The highest BCUT2D eigenvalue weighted by Gasteiger charge is 2.15. The molecule has 0 aliphatic carbocycles. The highest BCUT2D eigenvalue weighted by Crippen LogP contribution is 2.15. The second-order valence-electron chi connectivity index (χ2n) is 5.92. The first kappa shape index (κ1) is 21.1. The molecular formula is C17H27BrN2O3S. The Labute approximate surface area is 153 Å². The van der Waals surface area contributed by atoms with Crippen LogP contribution in [-0.4, -0.2) is 26.9 Å². The Morgan fingerprint density at radius 2 is 2.00 bits per heavy atom. The Morgan fingerprint density at radius 1 is 1.25 bits per heavy atom. The third-order valence-electron chi connectivity index (χ3n) is 3.65. The molecule has 1 aromatic carbocycles. The van der Waals surface area contributed by atoms with Gasteiger partial charge in [-0.15, -0.1) is 0 Å². The van der Waals surface area contributed by atoms with Crippen molar-refractivity contribution in [2.75, 3.05) is 6.54 Å². The van der Waals surface area contributed by atoms with Gasteiger partial charge >= 0.3 is 0 Å². The maximum Gasteiger partial charge on any atom is 0.240 e. The van der Waals surface area contributed by atoms with Crippen molar-refractivity contribution in [1.82, 2.24) is 10.0 Å². The molecule has 0 aliphatic heterocycles. The molecule has 1 aromatic rings. The van der Waals surface area contributed by atoms with Gasteiger partial charge in [0.2, 0.25) is 15.9 Å². The van der Waals surface area contributed by atoms with Crippen molar-refractivity contribution >= 4 is 31.9 Å². The van der Waals surface area contributed by atoms with Crippen LogP contribution in [0.4, 0.5) is 0 Å². The lowest BCUT2D eigenvalue weighted by atomic mass is 10.1. The third-order valence-corrected chi connectivity index (χ3v) is 5.60. The monoisotopic (exact) mass is 418 g/mol. The van der Waals surface area contributed by atoms with Gasteiger partial charge in [0.15, 0.2) is 0 Å². The Balaban J connectivity index is 2.32. The van der Waals surface area contributed by atoms with Gasteiger partial charge in [-0.2, -0.15) is 0 Å². The Hall–Kier alpha value is -0.920. The topological polar surface area (TPSA) is 75.3 Å². The van der Waals surface area contributed by atoms with Crippen LogP contribution in [0, 0.1) is 0 Å². The summed E-state index contributed by atoms with van der Waals surface area (Å²) in [6, 6.07) is 6.59. The van der Waals surface area contributed by atoms with Crippen molar-refractivity contribution in [3.63, 3.8) is 0 Å². The van der Waals surface area contributed by atoms with E-state index in [4.69, 9.17) is 0 Å². The number of carbonyl (C=O) groups excluding carboxylic acids is 1. The minimum Gasteiger partial charge on any atom is -0.354 e. The van der Waals surface area contributed by atoms with E-state index < -0.39 is 10.0 Å². The molecule has 0 spiro atoms. The van der Waals surface area contributed by atoms with Gasteiger partial charge in [0.1, 0.15) is 0 Å². The fourth-order valence-corrected chi connectivity index (χ4v) is 3.94. The predicted molar refractivity (Wildman–Crippen MR) is 100 cm³/mol. The normalized spacial score (nSPS) is 12.8. The summed E-state index contributed by atoms with van der Waals surface area (Å²) in [7, 11) is -3.59. The van der Waals surface area contributed by atoms with E-state index >= 15 is 0 Å². The number of amides is 1. The second kappa shape index (κ2) is 10.8. The van der Waals surface area contributed by atoms with Crippen molar-refractivity contribution in [3.05, 3.63) is 28.7 Å². The van der Waals surface area contributed by atoms with E-state index in [0.717, 1.165) is 12.8 Å². The van der Waals surface area contributed by atoms with Crippen LogP contribution in [0.5, 0.6) is 0 Å². The molecule has 0 heterocycles. The molecule has 2 N–H and O–H groups in total. The Morgan fingerprint density at radius 3 is 2.67 bits per heavy atom. The molecule has 1 unspecified atom stereocenters. The van der Waals surface area contributed by atoms with Crippen molar-refractivity contribution in [2.45, 2.75) is 63.3 Å². The molecule has 0 aromatic heterocycles.